The number of carbonyl (C=O) groups excluding carboxylic acids is 5. The first-order valence-corrected chi connectivity index (χ1v) is 16.6. The zero-order valence-electron chi connectivity index (χ0n) is 28.9. The maximum Gasteiger partial charge on any atom is 0.252 e. The molecule has 0 saturated heterocycles. The molecule has 0 aliphatic heterocycles. The van der Waals surface area contributed by atoms with Crippen LogP contribution >= 0.6 is 0 Å². The van der Waals surface area contributed by atoms with Gasteiger partial charge < -0.3 is 26.6 Å². The van der Waals surface area contributed by atoms with Crippen LogP contribution in [0.15, 0.2) is 24.5 Å². The second-order valence-corrected chi connectivity index (χ2v) is 12.9. The summed E-state index contributed by atoms with van der Waals surface area (Å²) in [6, 6.07) is 0.760. The lowest BCUT2D eigenvalue weighted by atomic mass is 9.94. The topological polar surface area (TPSA) is 158 Å². The fourth-order valence-electron chi connectivity index (χ4n) is 5.07. The first-order valence-electron chi connectivity index (χ1n) is 16.6. The van der Waals surface area contributed by atoms with E-state index in [-0.39, 0.29) is 47.4 Å². The molecule has 5 N–H and O–H groups in total. The number of hydrogen-bond donors (Lipinski definition) is 5. The van der Waals surface area contributed by atoms with Gasteiger partial charge >= 0.3 is 0 Å². The second kappa shape index (κ2) is 20.5. The van der Waals surface area contributed by atoms with E-state index in [0.29, 0.717) is 56.6 Å². The number of nitrogens with zero attached hydrogens (tertiary/aromatic N) is 1. The quantitative estimate of drug-likeness (QED) is 0.148. The van der Waals surface area contributed by atoms with Crippen LogP contribution in [0.5, 0.6) is 0 Å². The molecule has 0 aliphatic carbocycles. The van der Waals surface area contributed by atoms with Gasteiger partial charge in [-0.25, -0.2) is 0 Å². The van der Waals surface area contributed by atoms with Gasteiger partial charge in [-0.2, -0.15) is 0 Å². The highest BCUT2D eigenvalue weighted by Gasteiger charge is 2.31. The van der Waals surface area contributed by atoms with Crippen LogP contribution in [0.3, 0.4) is 0 Å². The summed E-state index contributed by atoms with van der Waals surface area (Å²) in [5, 5.41) is 14.5. The van der Waals surface area contributed by atoms with Crippen LogP contribution in [0.4, 0.5) is 0 Å². The van der Waals surface area contributed by atoms with E-state index in [1.807, 2.05) is 48.5 Å². The first kappa shape index (κ1) is 39.5. The Bertz CT molecular complexity index is 1080. The van der Waals surface area contributed by atoms with E-state index in [0.717, 1.165) is 0 Å². The van der Waals surface area contributed by atoms with Crippen molar-refractivity contribution in [1.29, 1.82) is 0 Å². The van der Waals surface area contributed by atoms with Gasteiger partial charge in [-0.1, -0.05) is 68.2 Å². The van der Waals surface area contributed by atoms with Gasteiger partial charge in [0.2, 0.25) is 23.6 Å². The van der Waals surface area contributed by atoms with Gasteiger partial charge in [0, 0.05) is 36.5 Å². The minimum Gasteiger partial charge on any atom is -0.355 e. The SMILES string of the molecule is CCC[C@H](NC(=O)[C@@H](NC(=O)c1ccncc1)[C@@H](C)CC)C(=O)N[C@H](CC[C@@H](C)C(=O)N[C@H](C(=O)NCC)C(C)C)CC(C)C. The fourth-order valence-corrected chi connectivity index (χ4v) is 5.07. The Morgan fingerprint density at radius 2 is 1.36 bits per heavy atom. The minimum absolute atomic E-state index is 0.0599. The van der Waals surface area contributed by atoms with Crippen LogP contribution in [0.1, 0.15) is 111 Å². The Labute approximate surface area is 270 Å². The minimum atomic E-state index is -0.817. The van der Waals surface area contributed by atoms with Gasteiger partial charge in [-0.05, 0) is 62.5 Å². The van der Waals surface area contributed by atoms with Crippen LogP contribution in [-0.2, 0) is 19.2 Å². The smallest absolute Gasteiger partial charge is 0.252 e. The van der Waals surface area contributed by atoms with Crippen LogP contribution < -0.4 is 26.6 Å². The van der Waals surface area contributed by atoms with Gasteiger partial charge in [-0.3, -0.25) is 29.0 Å². The van der Waals surface area contributed by atoms with Gasteiger partial charge in [0.05, 0.1) is 0 Å². The van der Waals surface area contributed by atoms with E-state index in [1.165, 1.54) is 12.4 Å². The van der Waals surface area contributed by atoms with E-state index >= 15 is 0 Å². The van der Waals surface area contributed by atoms with Crippen molar-refractivity contribution in [2.75, 3.05) is 6.54 Å². The van der Waals surface area contributed by atoms with Crippen LogP contribution in [0.2, 0.25) is 0 Å². The van der Waals surface area contributed by atoms with Crippen LogP contribution in [-0.4, -0.2) is 65.2 Å². The monoisotopic (exact) mass is 630 g/mol. The third-order valence-electron chi connectivity index (χ3n) is 8.03. The van der Waals surface area contributed by atoms with Crippen LogP contribution in [0.25, 0.3) is 0 Å². The summed E-state index contributed by atoms with van der Waals surface area (Å²) in [6.07, 6.45) is 6.59. The molecule has 0 spiro atoms. The first-order chi connectivity index (χ1) is 21.2. The normalized spacial score (nSPS) is 15.3. The number of nitrogens with one attached hydrogen (secondary N) is 5. The van der Waals surface area contributed by atoms with Crippen LogP contribution in [0, 0.1) is 23.7 Å². The fraction of sp³-hybridized carbons (Fsp3) is 0.706. The molecule has 0 aliphatic rings. The lowest BCUT2D eigenvalue weighted by molar-refractivity contribution is -0.132. The molecule has 5 amide bonds. The Hall–Kier alpha value is -3.50. The summed E-state index contributed by atoms with van der Waals surface area (Å²) in [5.74, 6) is -1.76. The molecule has 0 saturated carbocycles. The largest absolute Gasteiger partial charge is 0.355 e. The number of aromatic nitrogens is 1. The highest BCUT2D eigenvalue weighted by Crippen LogP contribution is 2.17. The molecule has 1 rings (SSSR count). The average molecular weight is 631 g/mol. The van der Waals surface area contributed by atoms with Crippen molar-refractivity contribution in [2.24, 2.45) is 23.7 Å². The number of pyridine rings is 1. The molecule has 11 heteroatoms. The van der Waals surface area contributed by atoms with E-state index in [4.69, 9.17) is 0 Å². The molecule has 6 atom stereocenters. The number of carbonyl (C=O) groups is 5. The zero-order valence-corrected chi connectivity index (χ0v) is 28.9. The summed E-state index contributed by atoms with van der Waals surface area (Å²) in [5.41, 5.74) is 0.400. The van der Waals surface area contributed by atoms with Crippen molar-refractivity contribution in [2.45, 2.75) is 125 Å². The molecule has 1 heterocycles. The Kier molecular flexibility index (Phi) is 18.0. The molecule has 0 aromatic carbocycles. The third-order valence-corrected chi connectivity index (χ3v) is 8.03. The maximum atomic E-state index is 13.6. The summed E-state index contributed by atoms with van der Waals surface area (Å²) < 4.78 is 0. The van der Waals surface area contributed by atoms with Crippen molar-refractivity contribution in [1.82, 2.24) is 31.6 Å². The molecule has 0 bridgehead atoms. The number of likely N-dealkylation sites (N-methyl/N-ethyl adjacent to an activating group) is 1. The predicted molar refractivity (Wildman–Crippen MR) is 177 cm³/mol. The summed E-state index contributed by atoms with van der Waals surface area (Å²) in [6.45, 7) is 17.9. The molecule has 45 heavy (non-hydrogen) atoms. The summed E-state index contributed by atoms with van der Waals surface area (Å²) >= 11 is 0. The van der Waals surface area contributed by atoms with Gasteiger partial charge in [0.15, 0.2) is 0 Å². The number of amides is 5. The standard InChI is InChI=1S/C34H58N6O5/c1-10-13-27(38-34(45)29(23(8)11-2)40-31(42)25-16-18-35-19-17-25)32(43)37-26(20-21(4)5)15-14-24(9)30(41)39-28(22(6)7)33(44)36-12-3/h16-19,21-24,26-29H,10-15,20H2,1-9H3,(H,36,44)(H,37,43)(H,38,45)(H,39,41)(H,40,42)/t23-,24+,26+,27-,28-,29-/m0/s1. The molecule has 0 fully saturated rings. The molecular formula is C34H58N6O5. The molecule has 1 aromatic heterocycles. The van der Waals surface area contributed by atoms with Crippen molar-refractivity contribution in [3.8, 4) is 0 Å². The van der Waals surface area contributed by atoms with E-state index < -0.39 is 24.0 Å². The number of hydrogen-bond acceptors (Lipinski definition) is 6. The molecule has 254 valence electrons. The molecule has 1 aromatic rings. The Morgan fingerprint density at radius 1 is 0.711 bits per heavy atom. The van der Waals surface area contributed by atoms with Crippen molar-refractivity contribution in [3.05, 3.63) is 30.1 Å². The molecule has 0 unspecified atom stereocenters. The zero-order chi connectivity index (χ0) is 34.1. The van der Waals surface area contributed by atoms with Crippen molar-refractivity contribution in [3.63, 3.8) is 0 Å². The molecule has 0 radical (unpaired) electrons. The maximum absolute atomic E-state index is 13.6. The predicted octanol–water partition coefficient (Wildman–Crippen LogP) is 3.74. The Morgan fingerprint density at radius 3 is 1.89 bits per heavy atom. The lowest BCUT2D eigenvalue weighted by Gasteiger charge is -2.28. The van der Waals surface area contributed by atoms with Gasteiger partial charge in [0.1, 0.15) is 18.1 Å². The molecule has 11 nitrogen and oxygen atoms in total. The number of rotatable bonds is 20. The van der Waals surface area contributed by atoms with E-state index in [1.54, 1.807) is 12.1 Å². The van der Waals surface area contributed by atoms with E-state index in [2.05, 4.69) is 45.4 Å². The van der Waals surface area contributed by atoms with Crippen molar-refractivity contribution >= 4 is 29.5 Å². The highest BCUT2D eigenvalue weighted by atomic mass is 16.2. The second-order valence-electron chi connectivity index (χ2n) is 12.9. The summed E-state index contributed by atoms with van der Waals surface area (Å²) in [7, 11) is 0. The lowest BCUT2D eigenvalue weighted by Crippen LogP contribution is -2.56. The summed E-state index contributed by atoms with van der Waals surface area (Å²) in [4.78, 5) is 69.3. The Balaban J connectivity index is 2.96. The van der Waals surface area contributed by atoms with Gasteiger partial charge in [-0.15, -0.1) is 0 Å². The average Bonchev–Trinajstić information content (AvgIpc) is 3.00. The van der Waals surface area contributed by atoms with Gasteiger partial charge in [0.25, 0.3) is 5.91 Å². The highest BCUT2D eigenvalue weighted by molar-refractivity contribution is 5.98. The molecular weight excluding hydrogens is 572 g/mol. The van der Waals surface area contributed by atoms with Crippen molar-refractivity contribution < 1.29 is 24.0 Å². The van der Waals surface area contributed by atoms with E-state index in [9.17, 15) is 24.0 Å². The third kappa shape index (κ3) is 14.0.